The van der Waals surface area contributed by atoms with Gasteiger partial charge in [-0.15, -0.1) is 0 Å². The molecule has 0 spiro atoms. The van der Waals surface area contributed by atoms with Crippen LogP contribution in [0.25, 0.3) is 11.6 Å². The van der Waals surface area contributed by atoms with Gasteiger partial charge in [0.15, 0.2) is 5.88 Å². The number of amides is 4. The van der Waals surface area contributed by atoms with Gasteiger partial charge in [-0.2, -0.15) is 0 Å². The van der Waals surface area contributed by atoms with Crippen molar-refractivity contribution in [2.75, 3.05) is 83.3 Å². The molecule has 3 fully saturated rings. The van der Waals surface area contributed by atoms with Crippen molar-refractivity contribution < 1.29 is 47.3 Å². The summed E-state index contributed by atoms with van der Waals surface area (Å²) in [6, 6.07) is 11.6. The molecule has 5 aliphatic heterocycles. The lowest BCUT2D eigenvalue weighted by Gasteiger charge is -2.32. The van der Waals surface area contributed by atoms with Crippen molar-refractivity contribution in [3.63, 3.8) is 0 Å². The standard InChI is InChI=1S/C28H39BN4O4.C14H18BNO3.C14H25N3O2.C4H8O/c1-9-33(10-2)14-13-30-26(35)24-17(3)23(31-18(24)4)16-21-20-15-19(11-12-22(20)32-25(21)34)29-36-27(5,6)28(7,8)37-29;1-13(2)14(3,4)19-15(18-13)10-5-6-11-9(7-10)8-12(17)16-11;1-6-17(7-2)9-8-15-13(18)12-10(3)14(19-5)16-11(12)4;1-2-4-5-3-1/h11-12,15-16,31H,9-10,13-14H2,1-8H3,(H,30,35)(H,32,34);5-7H,8H2,1-4H3,(H,16,17);16H,6-9H2,1-5H3,(H,15,18);1-4H2/b21-16-;;;. The zero-order valence-electron chi connectivity index (χ0n) is 50.9. The van der Waals surface area contributed by atoms with Crippen molar-refractivity contribution in [3.05, 3.63) is 86.9 Å². The molecule has 0 radical (unpaired) electrons. The molecule has 5 aliphatic rings. The van der Waals surface area contributed by atoms with E-state index in [1.54, 1.807) is 7.11 Å². The molecule has 18 nitrogen and oxygen atoms in total. The maximum Gasteiger partial charge on any atom is 0.494 e. The van der Waals surface area contributed by atoms with Crippen LogP contribution >= 0.6 is 0 Å². The van der Waals surface area contributed by atoms with Gasteiger partial charge in [-0.1, -0.05) is 52.0 Å². The summed E-state index contributed by atoms with van der Waals surface area (Å²) < 4.78 is 34.6. The summed E-state index contributed by atoms with van der Waals surface area (Å²) in [5.41, 5.74) is 9.54. The summed E-state index contributed by atoms with van der Waals surface area (Å²) >= 11 is 0. The highest BCUT2D eigenvalue weighted by molar-refractivity contribution is 6.62. The summed E-state index contributed by atoms with van der Waals surface area (Å²) in [7, 11) is 0.708. The Hall–Kier alpha value is -5.73. The summed E-state index contributed by atoms with van der Waals surface area (Å²) in [6.45, 7) is 41.1. The van der Waals surface area contributed by atoms with Crippen LogP contribution in [0.15, 0.2) is 36.4 Å². The van der Waals surface area contributed by atoms with E-state index in [-0.39, 0.29) is 41.9 Å². The largest absolute Gasteiger partial charge is 0.494 e. The van der Waals surface area contributed by atoms with Gasteiger partial charge in [-0.25, -0.2) is 0 Å². The number of H-pyrrole nitrogens is 2. The molecule has 0 atom stereocenters. The molecule has 4 amide bonds. The van der Waals surface area contributed by atoms with Gasteiger partial charge in [0.2, 0.25) is 5.91 Å². The zero-order chi connectivity index (χ0) is 58.9. The molecule has 3 saturated heterocycles. The van der Waals surface area contributed by atoms with Crippen molar-refractivity contribution in [1.82, 2.24) is 30.4 Å². The Labute approximate surface area is 476 Å². The molecule has 0 unspecified atom stereocenters. The Morgan fingerprint density at radius 2 is 1.11 bits per heavy atom. The molecule has 0 bridgehead atoms. The molecule has 6 N–H and O–H groups in total. The average molecular weight is 1110 g/mol. The topological polar surface area (TPSA) is 210 Å². The molecule has 4 aromatic rings. The number of methoxy groups -OCH3 is 1. The maximum absolute atomic E-state index is 13.0. The molecular formula is C60H90B2N8O10. The summed E-state index contributed by atoms with van der Waals surface area (Å²) in [5.74, 6) is 0.370. The van der Waals surface area contributed by atoms with Gasteiger partial charge >= 0.3 is 14.2 Å². The third-order valence-electron chi connectivity index (χ3n) is 16.5. The van der Waals surface area contributed by atoms with Crippen LogP contribution in [0.4, 0.5) is 11.4 Å². The highest BCUT2D eigenvalue weighted by Crippen LogP contribution is 2.39. The number of rotatable bonds is 16. The van der Waals surface area contributed by atoms with E-state index in [9.17, 15) is 19.2 Å². The Bertz CT molecular complexity index is 2820. The Balaban J connectivity index is 0.000000201. The van der Waals surface area contributed by atoms with Crippen LogP contribution in [0.1, 0.15) is 156 Å². The molecule has 0 aliphatic carbocycles. The minimum Gasteiger partial charge on any atom is -0.482 e. The van der Waals surface area contributed by atoms with Crippen LogP contribution in [0.3, 0.4) is 0 Å². The van der Waals surface area contributed by atoms with E-state index in [0.29, 0.717) is 42.1 Å². The minimum atomic E-state index is -0.520. The molecule has 7 heterocycles. The predicted molar refractivity (Wildman–Crippen MR) is 321 cm³/mol. The molecule has 80 heavy (non-hydrogen) atoms. The number of benzene rings is 2. The SMILES string of the molecule is C1CCOC1.CC1(C)OB(c2ccc3c(c2)CC(=O)N3)OC1(C)C.CCN(CC)CCNC(=O)c1c(C)[nH]c(/C=C2\C(=O)Nc3ccc(B4OC(C)(C)C(C)(C)O4)cc32)c1C.CCN(CC)CCNC(=O)c1c(C)[nH]c(OC)c1C. The number of hydrogen-bond acceptors (Lipinski definition) is 12. The third kappa shape index (κ3) is 14.8. The van der Waals surface area contributed by atoms with Crippen molar-refractivity contribution in [2.24, 2.45) is 0 Å². The van der Waals surface area contributed by atoms with Crippen LogP contribution in [-0.2, 0) is 39.4 Å². The monoisotopic (exact) mass is 1100 g/mol. The molecule has 2 aromatic heterocycles. The van der Waals surface area contributed by atoms with Gasteiger partial charge in [0, 0.05) is 79.0 Å². The number of carbonyl (C=O) groups is 4. The van der Waals surface area contributed by atoms with Gasteiger partial charge < -0.3 is 69.1 Å². The normalized spacial score (nSPS) is 18.4. The zero-order valence-corrected chi connectivity index (χ0v) is 50.9. The minimum absolute atomic E-state index is 0.0401. The molecule has 436 valence electrons. The lowest BCUT2D eigenvalue weighted by Crippen LogP contribution is -2.41. The van der Waals surface area contributed by atoms with Crippen LogP contribution < -0.4 is 36.9 Å². The number of anilines is 2. The van der Waals surface area contributed by atoms with E-state index in [0.717, 1.165) is 114 Å². The number of ether oxygens (including phenoxy) is 2. The fourth-order valence-electron chi connectivity index (χ4n) is 9.94. The number of aromatic nitrogens is 2. The molecular weight excluding hydrogens is 1010 g/mol. The van der Waals surface area contributed by atoms with E-state index < -0.39 is 18.3 Å². The second-order valence-electron chi connectivity index (χ2n) is 23.0. The second-order valence-corrected chi connectivity index (χ2v) is 23.0. The second kappa shape index (κ2) is 26.9. The van der Waals surface area contributed by atoms with E-state index in [4.69, 9.17) is 28.1 Å². The van der Waals surface area contributed by atoms with Crippen LogP contribution in [0.2, 0.25) is 0 Å². The van der Waals surface area contributed by atoms with Gasteiger partial charge in [-0.3, -0.25) is 19.2 Å². The van der Waals surface area contributed by atoms with E-state index in [1.165, 1.54) is 12.8 Å². The first-order valence-corrected chi connectivity index (χ1v) is 28.5. The summed E-state index contributed by atoms with van der Waals surface area (Å²) in [5, 5.41) is 11.8. The first-order chi connectivity index (χ1) is 37.7. The lowest BCUT2D eigenvalue weighted by molar-refractivity contribution is -0.115. The van der Waals surface area contributed by atoms with Crippen molar-refractivity contribution >= 4 is 71.8 Å². The lowest BCUT2D eigenvalue weighted by atomic mass is 9.78. The highest BCUT2D eigenvalue weighted by atomic mass is 16.7. The first kappa shape index (κ1) is 63.5. The van der Waals surface area contributed by atoms with Crippen molar-refractivity contribution in [1.29, 1.82) is 0 Å². The number of aryl methyl sites for hydroxylation is 2. The average Bonchev–Trinajstić information content (AvgIpc) is 4.45. The van der Waals surface area contributed by atoms with E-state index in [2.05, 4.69) is 68.7 Å². The van der Waals surface area contributed by atoms with Crippen LogP contribution in [-0.4, -0.2) is 153 Å². The Morgan fingerprint density at radius 1 is 0.650 bits per heavy atom. The predicted octanol–water partition coefficient (Wildman–Crippen LogP) is 7.48. The summed E-state index contributed by atoms with van der Waals surface area (Å²) in [4.78, 5) is 60.4. The fourth-order valence-corrected chi connectivity index (χ4v) is 9.94. The highest BCUT2D eigenvalue weighted by Gasteiger charge is 2.53. The third-order valence-corrected chi connectivity index (χ3v) is 16.5. The number of fused-ring (bicyclic) bond motifs is 2. The van der Waals surface area contributed by atoms with E-state index in [1.807, 2.05) is 126 Å². The van der Waals surface area contributed by atoms with Crippen LogP contribution in [0.5, 0.6) is 5.88 Å². The molecule has 2 aromatic carbocycles. The number of carbonyl (C=O) groups excluding carboxylic acids is 4. The molecule has 0 saturated carbocycles. The maximum atomic E-state index is 13.0. The number of nitrogens with one attached hydrogen (secondary N) is 6. The quantitative estimate of drug-likeness (QED) is 0.0477. The van der Waals surface area contributed by atoms with Gasteiger partial charge in [0.25, 0.3) is 17.7 Å². The fraction of sp³-hybridized carbons (Fsp3) is 0.567. The number of nitrogens with zero attached hydrogens (tertiary/aromatic N) is 2. The van der Waals surface area contributed by atoms with Crippen LogP contribution in [0, 0.1) is 27.7 Å². The van der Waals surface area contributed by atoms with Gasteiger partial charge in [0.1, 0.15) is 0 Å². The number of likely N-dealkylation sites (N-methyl/N-ethyl adjacent to an activating group) is 2. The van der Waals surface area contributed by atoms with E-state index >= 15 is 0 Å². The Kier molecular flexibility index (Phi) is 21.3. The smallest absolute Gasteiger partial charge is 0.482 e. The van der Waals surface area contributed by atoms with Crippen molar-refractivity contribution in [3.8, 4) is 5.88 Å². The summed E-state index contributed by atoms with van der Waals surface area (Å²) in [6.07, 6.45) is 4.81. The Morgan fingerprint density at radius 3 is 1.56 bits per heavy atom. The van der Waals surface area contributed by atoms with Crippen molar-refractivity contribution in [2.45, 2.75) is 152 Å². The number of hydrogen-bond donors (Lipinski definition) is 6. The van der Waals surface area contributed by atoms with Gasteiger partial charge in [-0.05, 0) is 162 Å². The first-order valence-electron chi connectivity index (χ1n) is 28.5. The number of aromatic amines is 2. The van der Waals surface area contributed by atoms with Gasteiger partial charge in [0.05, 0.1) is 52.6 Å². The molecule has 20 heteroatoms. The molecule has 9 rings (SSSR count).